The molecule has 0 saturated carbocycles. The predicted molar refractivity (Wildman–Crippen MR) is 114 cm³/mol. The lowest BCUT2D eigenvalue weighted by Crippen LogP contribution is -2.36. The molecule has 6 nitrogen and oxygen atoms in total. The van der Waals surface area contributed by atoms with Crippen LogP contribution in [0, 0.1) is 11.6 Å². The molecule has 0 aliphatic heterocycles. The SMILES string of the molecule is CCCCNC(=O)/C(=C/c1ccc(OC)c(OC)c1)NC(=O)Cc1ccc(F)c(F)c1. The van der Waals surface area contributed by atoms with Crippen molar-refractivity contribution in [3.8, 4) is 11.5 Å². The molecule has 0 aliphatic rings. The van der Waals surface area contributed by atoms with Crippen LogP contribution in [0.5, 0.6) is 11.5 Å². The van der Waals surface area contributed by atoms with Gasteiger partial charge in [0.25, 0.3) is 5.91 Å². The average molecular weight is 432 g/mol. The van der Waals surface area contributed by atoms with Gasteiger partial charge >= 0.3 is 0 Å². The van der Waals surface area contributed by atoms with E-state index >= 15 is 0 Å². The van der Waals surface area contributed by atoms with Gasteiger partial charge in [0, 0.05) is 6.54 Å². The third-order valence-electron chi connectivity index (χ3n) is 4.40. The normalized spacial score (nSPS) is 11.1. The lowest BCUT2D eigenvalue weighted by atomic mass is 10.1. The average Bonchev–Trinajstić information content (AvgIpc) is 2.75. The Morgan fingerprint density at radius 2 is 1.74 bits per heavy atom. The Labute approximate surface area is 180 Å². The van der Waals surface area contributed by atoms with Crippen molar-refractivity contribution in [2.45, 2.75) is 26.2 Å². The first kappa shape index (κ1) is 23.9. The molecule has 0 spiro atoms. The summed E-state index contributed by atoms with van der Waals surface area (Å²) in [5.41, 5.74) is 0.913. The molecule has 0 bridgehead atoms. The Morgan fingerprint density at radius 3 is 2.39 bits per heavy atom. The molecule has 31 heavy (non-hydrogen) atoms. The summed E-state index contributed by atoms with van der Waals surface area (Å²) in [5, 5.41) is 5.32. The highest BCUT2D eigenvalue weighted by Gasteiger charge is 2.15. The highest BCUT2D eigenvalue weighted by Crippen LogP contribution is 2.28. The lowest BCUT2D eigenvalue weighted by molar-refractivity contribution is -0.123. The number of hydrogen-bond acceptors (Lipinski definition) is 4. The zero-order valence-electron chi connectivity index (χ0n) is 17.8. The van der Waals surface area contributed by atoms with Crippen LogP contribution >= 0.6 is 0 Å². The number of amides is 2. The third-order valence-corrected chi connectivity index (χ3v) is 4.40. The molecule has 0 atom stereocenters. The third kappa shape index (κ3) is 7.09. The van der Waals surface area contributed by atoms with Crippen LogP contribution in [-0.4, -0.2) is 32.6 Å². The fourth-order valence-corrected chi connectivity index (χ4v) is 2.77. The van der Waals surface area contributed by atoms with Crippen molar-refractivity contribution in [1.29, 1.82) is 0 Å². The van der Waals surface area contributed by atoms with E-state index in [4.69, 9.17) is 9.47 Å². The molecule has 0 radical (unpaired) electrons. The van der Waals surface area contributed by atoms with Gasteiger partial charge in [0.2, 0.25) is 5.91 Å². The van der Waals surface area contributed by atoms with Crippen LogP contribution in [0.2, 0.25) is 0 Å². The second kappa shape index (κ2) is 11.7. The smallest absolute Gasteiger partial charge is 0.267 e. The van der Waals surface area contributed by atoms with E-state index in [0.717, 1.165) is 25.0 Å². The highest BCUT2D eigenvalue weighted by atomic mass is 19.2. The summed E-state index contributed by atoms with van der Waals surface area (Å²) >= 11 is 0. The molecular weight excluding hydrogens is 406 g/mol. The number of carbonyl (C=O) groups excluding carboxylic acids is 2. The van der Waals surface area contributed by atoms with Crippen molar-refractivity contribution in [3.63, 3.8) is 0 Å². The molecule has 2 amide bonds. The first-order chi connectivity index (χ1) is 14.9. The Balaban J connectivity index is 2.25. The number of methoxy groups -OCH3 is 2. The quantitative estimate of drug-likeness (QED) is 0.444. The van der Waals surface area contributed by atoms with Crippen LogP contribution in [0.4, 0.5) is 8.78 Å². The standard InChI is InChI=1S/C23H26F2N2O4/c1-4-5-10-26-23(29)19(12-16-7-9-20(30-2)21(13-16)31-3)27-22(28)14-15-6-8-17(24)18(25)11-15/h6-9,11-13H,4-5,10,14H2,1-3H3,(H,26,29)(H,27,28)/b19-12-. The number of ether oxygens (including phenoxy) is 2. The highest BCUT2D eigenvalue weighted by molar-refractivity contribution is 6.01. The fraction of sp³-hybridized carbons (Fsp3) is 0.304. The maximum absolute atomic E-state index is 13.4. The maximum Gasteiger partial charge on any atom is 0.267 e. The second-order valence-corrected chi connectivity index (χ2v) is 6.76. The van der Waals surface area contributed by atoms with Crippen molar-refractivity contribution in [1.82, 2.24) is 10.6 Å². The van der Waals surface area contributed by atoms with Gasteiger partial charge in [0.05, 0.1) is 20.6 Å². The van der Waals surface area contributed by atoms with Gasteiger partial charge in [-0.1, -0.05) is 25.5 Å². The molecular formula is C23H26F2N2O4. The number of rotatable bonds is 10. The van der Waals surface area contributed by atoms with Crippen LogP contribution in [-0.2, 0) is 16.0 Å². The molecule has 0 unspecified atom stereocenters. The molecule has 8 heteroatoms. The Bertz CT molecular complexity index is 961. The summed E-state index contributed by atoms with van der Waals surface area (Å²) in [6, 6.07) is 8.28. The van der Waals surface area contributed by atoms with E-state index in [1.54, 1.807) is 18.2 Å². The molecule has 0 fully saturated rings. The van der Waals surface area contributed by atoms with Gasteiger partial charge in [-0.15, -0.1) is 0 Å². The summed E-state index contributed by atoms with van der Waals surface area (Å²) in [5.74, 6) is -2.03. The summed E-state index contributed by atoms with van der Waals surface area (Å²) in [6.07, 6.45) is 2.98. The minimum Gasteiger partial charge on any atom is -0.493 e. The molecule has 0 aromatic heterocycles. The van der Waals surface area contributed by atoms with Crippen molar-refractivity contribution < 1.29 is 27.8 Å². The molecule has 2 aromatic carbocycles. The molecule has 2 N–H and O–H groups in total. The van der Waals surface area contributed by atoms with Crippen LogP contribution in [0.1, 0.15) is 30.9 Å². The van der Waals surface area contributed by atoms with Gasteiger partial charge in [0.15, 0.2) is 23.1 Å². The summed E-state index contributed by atoms with van der Waals surface area (Å²) in [7, 11) is 3.01. The number of benzene rings is 2. The summed E-state index contributed by atoms with van der Waals surface area (Å²) in [4.78, 5) is 25.1. The van der Waals surface area contributed by atoms with Gasteiger partial charge in [0.1, 0.15) is 5.70 Å². The Kier molecular flexibility index (Phi) is 8.99. The van der Waals surface area contributed by atoms with E-state index in [2.05, 4.69) is 10.6 Å². The van der Waals surface area contributed by atoms with Crippen molar-refractivity contribution in [2.24, 2.45) is 0 Å². The minimum atomic E-state index is -1.04. The van der Waals surface area contributed by atoms with Crippen LogP contribution in [0.25, 0.3) is 6.08 Å². The van der Waals surface area contributed by atoms with Gasteiger partial charge in [-0.05, 0) is 47.9 Å². The van der Waals surface area contributed by atoms with E-state index in [9.17, 15) is 18.4 Å². The van der Waals surface area contributed by atoms with E-state index in [1.165, 1.54) is 26.4 Å². The van der Waals surface area contributed by atoms with Crippen molar-refractivity contribution in [3.05, 3.63) is 64.9 Å². The lowest BCUT2D eigenvalue weighted by Gasteiger charge is -2.12. The van der Waals surface area contributed by atoms with Gasteiger partial charge < -0.3 is 20.1 Å². The molecule has 2 aromatic rings. The zero-order valence-corrected chi connectivity index (χ0v) is 17.8. The van der Waals surface area contributed by atoms with Gasteiger partial charge in [-0.3, -0.25) is 9.59 Å². The number of hydrogen-bond donors (Lipinski definition) is 2. The first-order valence-corrected chi connectivity index (χ1v) is 9.83. The van der Waals surface area contributed by atoms with Gasteiger partial charge in [-0.2, -0.15) is 0 Å². The second-order valence-electron chi connectivity index (χ2n) is 6.76. The van der Waals surface area contributed by atoms with Crippen molar-refractivity contribution >= 4 is 17.9 Å². The maximum atomic E-state index is 13.4. The van der Waals surface area contributed by atoms with Gasteiger partial charge in [-0.25, -0.2) is 8.78 Å². The van der Waals surface area contributed by atoms with E-state index in [1.807, 2.05) is 6.92 Å². The van der Waals surface area contributed by atoms with E-state index < -0.39 is 23.4 Å². The predicted octanol–water partition coefficient (Wildman–Crippen LogP) is 3.60. The zero-order chi connectivity index (χ0) is 22.8. The molecule has 0 aliphatic carbocycles. The molecule has 0 heterocycles. The van der Waals surface area contributed by atoms with Crippen LogP contribution in [0.3, 0.4) is 0 Å². The van der Waals surface area contributed by atoms with E-state index in [0.29, 0.717) is 23.6 Å². The summed E-state index contributed by atoms with van der Waals surface area (Å²) < 4.78 is 37.0. The molecule has 2 rings (SSSR count). The van der Waals surface area contributed by atoms with Crippen molar-refractivity contribution in [2.75, 3.05) is 20.8 Å². The Morgan fingerprint density at radius 1 is 1.00 bits per heavy atom. The van der Waals surface area contributed by atoms with Crippen LogP contribution < -0.4 is 20.1 Å². The summed E-state index contributed by atoms with van der Waals surface area (Å²) in [6.45, 7) is 2.45. The Hall–Kier alpha value is -3.42. The first-order valence-electron chi connectivity index (χ1n) is 9.83. The number of unbranched alkanes of at least 4 members (excludes halogenated alkanes) is 1. The fourth-order valence-electron chi connectivity index (χ4n) is 2.77. The topological polar surface area (TPSA) is 76.7 Å². The largest absolute Gasteiger partial charge is 0.493 e. The monoisotopic (exact) mass is 432 g/mol. The number of halogens is 2. The van der Waals surface area contributed by atoms with E-state index in [-0.39, 0.29) is 17.7 Å². The minimum absolute atomic E-state index is 0.0240. The number of nitrogens with one attached hydrogen (secondary N) is 2. The van der Waals surface area contributed by atoms with Crippen LogP contribution in [0.15, 0.2) is 42.1 Å². The number of carbonyl (C=O) groups is 2. The molecule has 166 valence electrons. The molecule has 0 saturated heterocycles.